The van der Waals surface area contributed by atoms with Crippen LogP contribution in [0.2, 0.25) is 0 Å². The van der Waals surface area contributed by atoms with Crippen molar-refractivity contribution in [2.24, 2.45) is 0 Å². The molecule has 2 aromatic carbocycles. The van der Waals surface area contributed by atoms with E-state index < -0.39 is 0 Å². The number of rotatable bonds is 4. The van der Waals surface area contributed by atoms with Gasteiger partial charge in [-0.25, -0.2) is 4.39 Å². The molecule has 1 N–H and O–H groups in total. The Kier molecular flexibility index (Phi) is 4.72. The van der Waals surface area contributed by atoms with Gasteiger partial charge in [-0.3, -0.25) is 0 Å². The molecule has 0 radical (unpaired) electrons. The Morgan fingerprint density at radius 2 is 2.00 bits per heavy atom. The van der Waals surface area contributed by atoms with E-state index in [1.807, 2.05) is 12.1 Å². The highest BCUT2D eigenvalue weighted by Crippen LogP contribution is 2.18. The predicted octanol–water partition coefficient (Wildman–Crippen LogP) is 4.75. The van der Waals surface area contributed by atoms with E-state index >= 15 is 0 Å². The molecule has 100 valence electrons. The van der Waals surface area contributed by atoms with Crippen LogP contribution in [-0.4, -0.2) is 0 Å². The van der Waals surface area contributed by atoms with Crippen molar-refractivity contribution in [2.45, 2.75) is 26.4 Å². The van der Waals surface area contributed by atoms with Gasteiger partial charge in [0.15, 0.2) is 0 Å². The normalized spacial score (nSPS) is 12.4. The molecule has 2 aromatic rings. The largest absolute Gasteiger partial charge is 0.306 e. The third kappa shape index (κ3) is 3.88. The van der Waals surface area contributed by atoms with Gasteiger partial charge in [0, 0.05) is 22.6 Å². The molecule has 0 bridgehead atoms. The fourth-order valence-corrected chi connectivity index (χ4v) is 2.32. The van der Waals surface area contributed by atoms with Gasteiger partial charge in [-0.05, 0) is 31.5 Å². The second-order valence-electron chi connectivity index (χ2n) is 4.75. The molecule has 0 unspecified atom stereocenters. The minimum absolute atomic E-state index is 0.182. The molecule has 19 heavy (non-hydrogen) atoms. The van der Waals surface area contributed by atoms with Gasteiger partial charge in [-0.15, -0.1) is 0 Å². The van der Waals surface area contributed by atoms with Crippen LogP contribution in [0.3, 0.4) is 0 Å². The fourth-order valence-electron chi connectivity index (χ4n) is 1.99. The molecule has 0 heterocycles. The molecule has 2 rings (SSSR count). The number of benzene rings is 2. The molecule has 0 aliphatic carbocycles. The van der Waals surface area contributed by atoms with E-state index in [4.69, 9.17) is 0 Å². The van der Waals surface area contributed by atoms with Crippen molar-refractivity contribution in [3.05, 3.63) is 69.4 Å². The average molecular weight is 322 g/mol. The third-order valence-corrected chi connectivity index (χ3v) is 3.65. The minimum atomic E-state index is -0.182. The number of aryl methyl sites for hydroxylation is 1. The summed E-state index contributed by atoms with van der Waals surface area (Å²) in [5, 5.41) is 3.35. The molecule has 1 atom stereocenters. The Labute approximate surface area is 122 Å². The molecule has 3 heteroatoms. The highest BCUT2D eigenvalue weighted by atomic mass is 79.9. The van der Waals surface area contributed by atoms with Gasteiger partial charge in [0.25, 0.3) is 0 Å². The fraction of sp³-hybridized carbons (Fsp3) is 0.250. The first kappa shape index (κ1) is 14.2. The van der Waals surface area contributed by atoms with Gasteiger partial charge >= 0.3 is 0 Å². The van der Waals surface area contributed by atoms with Gasteiger partial charge < -0.3 is 5.32 Å². The van der Waals surface area contributed by atoms with Crippen molar-refractivity contribution < 1.29 is 4.39 Å². The summed E-state index contributed by atoms with van der Waals surface area (Å²) in [5.41, 5.74) is 3.14. The lowest BCUT2D eigenvalue weighted by Crippen LogP contribution is -2.18. The Hall–Kier alpha value is -1.19. The Balaban J connectivity index is 2.02. The molecule has 0 spiro atoms. The minimum Gasteiger partial charge on any atom is -0.306 e. The Morgan fingerprint density at radius 1 is 1.21 bits per heavy atom. The highest BCUT2D eigenvalue weighted by molar-refractivity contribution is 9.10. The van der Waals surface area contributed by atoms with Crippen LogP contribution in [0.25, 0.3) is 0 Å². The summed E-state index contributed by atoms with van der Waals surface area (Å²) in [6.07, 6.45) is 0. The molecule has 0 aliphatic heterocycles. The Morgan fingerprint density at radius 3 is 2.68 bits per heavy atom. The lowest BCUT2D eigenvalue weighted by atomic mass is 10.1. The van der Waals surface area contributed by atoms with E-state index in [-0.39, 0.29) is 11.9 Å². The summed E-state index contributed by atoms with van der Waals surface area (Å²) in [4.78, 5) is 0. The van der Waals surface area contributed by atoms with E-state index in [1.165, 1.54) is 17.2 Å². The van der Waals surface area contributed by atoms with Gasteiger partial charge in [-0.2, -0.15) is 0 Å². The van der Waals surface area contributed by atoms with E-state index in [1.54, 1.807) is 6.07 Å². The van der Waals surface area contributed by atoms with Crippen LogP contribution in [0.15, 0.2) is 46.9 Å². The van der Waals surface area contributed by atoms with Crippen molar-refractivity contribution in [1.29, 1.82) is 0 Å². The van der Waals surface area contributed by atoms with Crippen molar-refractivity contribution >= 4 is 15.9 Å². The molecule has 0 saturated carbocycles. The molecule has 1 nitrogen and oxygen atoms in total. The van der Waals surface area contributed by atoms with Crippen molar-refractivity contribution in [2.75, 3.05) is 0 Å². The zero-order valence-electron chi connectivity index (χ0n) is 11.1. The van der Waals surface area contributed by atoms with Crippen LogP contribution in [0.1, 0.15) is 29.7 Å². The molecule has 0 amide bonds. The summed E-state index contributed by atoms with van der Waals surface area (Å²) < 4.78 is 14.5. The molecule has 0 fully saturated rings. The molecule has 0 aromatic heterocycles. The van der Waals surface area contributed by atoms with Gasteiger partial charge in [-0.1, -0.05) is 51.8 Å². The lowest BCUT2D eigenvalue weighted by Gasteiger charge is -2.15. The zero-order chi connectivity index (χ0) is 13.8. The summed E-state index contributed by atoms with van der Waals surface area (Å²) in [5.74, 6) is -0.182. The van der Waals surface area contributed by atoms with Crippen LogP contribution in [0.4, 0.5) is 4.39 Å². The monoisotopic (exact) mass is 321 g/mol. The first-order chi connectivity index (χ1) is 9.06. The summed E-state index contributed by atoms with van der Waals surface area (Å²) in [6, 6.07) is 13.7. The first-order valence-electron chi connectivity index (χ1n) is 6.30. The second-order valence-corrected chi connectivity index (χ2v) is 5.67. The van der Waals surface area contributed by atoms with Gasteiger partial charge in [0.2, 0.25) is 0 Å². The maximum atomic E-state index is 13.7. The first-order valence-corrected chi connectivity index (χ1v) is 7.09. The van der Waals surface area contributed by atoms with Gasteiger partial charge in [0.1, 0.15) is 5.82 Å². The maximum absolute atomic E-state index is 13.7. The number of halogens is 2. The Bertz CT molecular complexity index is 568. The second kappa shape index (κ2) is 6.31. The van der Waals surface area contributed by atoms with Crippen molar-refractivity contribution in [3.8, 4) is 0 Å². The molecular weight excluding hydrogens is 305 g/mol. The lowest BCUT2D eigenvalue weighted by molar-refractivity contribution is 0.544. The van der Waals surface area contributed by atoms with E-state index in [0.29, 0.717) is 12.1 Å². The summed E-state index contributed by atoms with van der Waals surface area (Å²) >= 11 is 3.26. The summed E-state index contributed by atoms with van der Waals surface area (Å²) in [6.45, 7) is 4.68. The average Bonchev–Trinajstić information content (AvgIpc) is 2.37. The van der Waals surface area contributed by atoms with Gasteiger partial charge in [0.05, 0.1) is 0 Å². The number of hydrogen-bond donors (Lipinski definition) is 1. The summed E-state index contributed by atoms with van der Waals surface area (Å²) in [7, 11) is 0. The predicted molar refractivity (Wildman–Crippen MR) is 80.5 cm³/mol. The zero-order valence-corrected chi connectivity index (χ0v) is 12.7. The van der Waals surface area contributed by atoms with Crippen LogP contribution in [-0.2, 0) is 6.54 Å². The molecular formula is C16H17BrFN. The quantitative estimate of drug-likeness (QED) is 0.857. The van der Waals surface area contributed by atoms with Crippen LogP contribution < -0.4 is 5.32 Å². The SMILES string of the molecule is Cc1cccc([C@@H](C)NCc2ccc(Br)cc2F)c1. The highest BCUT2D eigenvalue weighted by Gasteiger charge is 2.07. The maximum Gasteiger partial charge on any atom is 0.128 e. The van der Waals surface area contributed by atoms with Crippen molar-refractivity contribution in [1.82, 2.24) is 5.32 Å². The topological polar surface area (TPSA) is 12.0 Å². The van der Waals surface area contributed by atoms with Crippen molar-refractivity contribution in [3.63, 3.8) is 0 Å². The standard InChI is InChI=1S/C16H17BrFN/c1-11-4-3-5-13(8-11)12(2)19-10-14-6-7-15(17)9-16(14)18/h3-9,12,19H,10H2,1-2H3/t12-/m1/s1. The number of hydrogen-bond acceptors (Lipinski definition) is 1. The van der Waals surface area contributed by atoms with E-state index in [9.17, 15) is 4.39 Å². The third-order valence-electron chi connectivity index (χ3n) is 3.16. The van der Waals surface area contributed by atoms with Crippen LogP contribution in [0, 0.1) is 12.7 Å². The van der Waals surface area contributed by atoms with Crippen LogP contribution in [0.5, 0.6) is 0 Å². The van der Waals surface area contributed by atoms with Crippen LogP contribution >= 0.6 is 15.9 Å². The number of nitrogens with one attached hydrogen (secondary N) is 1. The smallest absolute Gasteiger partial charge is 0.128 e. The molecule has 0 aliphatic rings. The van der Waals surface area contributed by atoms with E-state index in [0.717, 1.165) is 4.47 Å². The van der Waals surface area contributed by atoms with E-state index in [2.05, 4.69) is 53.3 Å². The molecule has 0 saturated heterocycles.